The van der Waals surface area contributed by atoms with Crippen molar-refractivity contribution in [3.63, 3.8) is 0 Å². The lowest BCUT2D eigenvalue weighted by molar-refractivity contribution is -0.0175. The maximum atomic E-state index is 10.0. The zero-order valence-electron chi connectivity index (χ0n) is 9.44. The molecule has 0 aliphatic carbocycles. The normalized spacial score (nSPS) is 31.2. The van der Waals surface area contributed by atoms with Gasteiger partial charge in [-0.15, -0.1) is 0 Å². The molecule has 2 aromatic rings. The summed E-state index contributed by atoms with van der Waals surface area (Å²) in [6.07, 6.45) is 0.524. The molecule has 0 aromatic carbocycles. The quantitative estimate of drug-likeness (QED) is 0.402. The lowest BCUT2D eigenvalue weighted by Gasteiger charge is -2.16. The van der Waals surface area contributed by atoms with E-state index in [1.807, 2.05) is 22.6 Å². The third-order valence-corrected chi connectivity index (χ3v) is 4.89. The second kappa shape index (κ2) is 4.95. The van der Waals surface area contributed by atoms with E-state index >= 15 is 0 Å². The first-order valence-corrected chi connectivity index (χ1v) is 7.75. The van der Waals surface area contributed by atoms with E-state index in [4.69, 9.17) is 10.5 Å². The van der Waals surface area contributed by atoms with Crippen LogP contribution in [0.5, 0.6) is 0 Å². The van der Waals surface area contributed by atoms with Crippen LogP contribution in [0.4, 0.5) is 5.82 Å². The fourth-order valence-corrected chi connectivity index (χ4v) is 3.65. The molecule has 0 amide bonds. The van der Waals surface area contributed by atoms with Crippen LogP contribution < -0.4 is 5.73 Å². The first-order valence-electron chi connectivity index (χ1n) is 5.43. The molecule has 1 aliphatic rings. The minimum atomic E-state index is -1.01. The van der Waals surface area contributed by atoms with Crippen LogP contribution in [0.2, 0.25) is 0 Å². The number of nitrogens with zero attached hydrogens (tertiary/aromatic N) is 3. The fraction of sp³-hybridized carbons (Fsp3) is 0.400. The zero-order chi connectivity index (χ0) is 13.7. The number of anilines is 1. The molecule has 9 heteroatoms. The molecule has 3 heterocycles. The molecular weight excluding hydrogens is 478 g/mol. The highest BCUT2D eigenvalue weighted by molar-refractivity contribution is 14.1. The van der Waals surface area contributed by atoms with Crippen molar-refractivity contribution < 1.29 is 14.9 Å². The number of aliphatic hydroxyl groups excluding tert-OH is 2. The van der Waals surface area contributed by atoms with Gasteiger partial charge in [0.05, 0.1) is 5.39 Å². The summed E-state index contributed by atoms with van der Waals surface area (Å²) in [6.45, 7) is 0. The molecule has 1 aliphatic heterocycles. The monoisotopic (exact) mass is 488 g/mol. The SMILES string of the molecule is Nc1ncnc2c1c(I)cn2[C@@H]1O[C@H](I)[C@H](O)[C@H]1O. The van der Waals surface area contributed by atoms with Crippen LogP contribution in [-0.2, 0) is 4.74 Å². The average molecular weight is 488 g/mol. The Kier molecular flexibility index (Phi) is 3.57. The molecular formula is C10H10I2N4O3. The Hall–Kier alpha value is -0.240. The number of aromatic nitrogens is 3. The number of halogens is 2. The van der Waals surface area contributed by atoms with E-state index in [2.05, 4.69) is 32.6 Å². The summed E-state index contributed by atoms with van der Waals surface area (Å²) in [7, 11) is 0. The number of nitrogen functional groups attached to an aromatic ring is 1. The number of hydrogen-bond acceptors (Lipinski definition) is 6. The standard InChI is InChI=1S/C10H10I2N4O3/c11-3-1-16(9-4(3)8(13)14-2-15-9)10-6(18)5(17)7(12)19-10/h1-2,5-7,10,17-18H,(H2,13,14,15)/t5-,6-,7+,10-/m1/s1. The molecule has 4 atom stereocenters. The number of alkyl halides is 1. The van der Waals surface area contributed by atoms with Gasteiger partial charge in [-0.1, -0.05) is 0 Å². The van der Waals surface area contributed by atoms with E-state index in [0.29, 0.717) is 11.5 Å². The predicted molar refractivity (Wildman–Crippen MR) is 84.6 cm³/mol. The van der Waals surface area contributed by atoms with E-state index in [-0.39, 0.29) is 0 Å². The van der Waals surface area contributed by atoms with Gasteiger partial charge in [0.15, 0.2) is 6.23 Å². The maximum absolute atomic E-state index is 10.0. The lowest BCUT2D eigenvalue weighted by Crippen LogP contribution is -2.29. The topological polar surface area (TPSA) is 106 Å². The number of fused-ring (bicyclic) bond motifs is 1. The second-order valence-corrected chi connectivity index (χ2v) is 6.59. The fourth-order valence-electron chi connectivity index (χ4n) is 2.10. The Labute approximate surface area is 135 Å². The van der Waals surface area contributed by atoms with E-state index in [1.165, 1.54) is 6.33 Å². The summed E-state index contributed by atoms with van der Waals surface area (Å²) in [4.78, 5) is 8.14. The van der Waals surface area contributed by atoms with Crippen molar-refractivity contribution in [1.82, 2.24) is 14.5 Å². The maximum Gasteiger partial charge on any atom is 0.165 e. The Morgan fingerprint density at radius 2 is 2.05 bits per heavy atom. The Morgan fingerprint density at radius 3 is 2.68 bits per heavy atom. The predicted octanol–water partition coefficient (Wildman–Crippen LogP) is 0.630. The number of ether oxygens (including phenoxy) is 1. The number of aliphatic hydroxyl groups is 2. The van der Waals surface area contributed by atoms with Crippen molar-refractivity contribution in [2.45, 2.75) is 22.5 Å². The summed E-state index contributed by atoms with van der Waals surface area (Å²) < 4.78 is 7.66. The van der Waals surface area contributed by atoms with E-state index in [0.717, 1.165) is 8.96 Å². The minimum Gasteiger partial charge on any atom is -0.387 e. The number of rotatable bonds is 1. The Morgan fingerprint density at radius 1 is 1.32 bits per heavy atom. The van der Waals surface area contributed by atoms with Crippen LogP contribution >= 0.6 is 45.2 Å². The van der Waals surface area contributed by atoms with Crippen LogP contribution in [0.15, 0.2) is 12.5 Å². The van der Waals surface area contributed by atoms with Gasteiger partial charge >= 0.3 is 0 Å². The van der Waals surface area contributed by atoms with E-state index < -0.39 is 22.5 Å². The smallest absolute Gasteiger partial charge is 0.165 e. The molecule has 1 saturated heterocycles. The number of nitrogens with two attached hydrogens (primary N) is 1. The molecule has 7 nitrogen and oxygen atoms in total. The number of hydrogen-bond donors (Lipinski definition) is 3. The summed E-state index contributed by atoms with van der Waals surface area (Å²) >= 11 is 4.07. The molecule has 102 valence electrons. The van der Waals surface area contributed by atoms with Gasteiger partial charge in [-0.05, 0) is 45.2 Å². The Balaban J connectivity index is 2.14. The summed E-state index contributed by atoms with van der Waals surface area (Å²) in [5.41, 5.74) is 6.42. The molecule has 3 rings (SSSR count). The highest BCUT2D eigenvalue weighted by Crippen LogP contribution is 2.36. The summed E-state index contributed by atoms with van der Waals surface area (Å²) in [6, 6.07) is 0. The second-order valence-electron chi connectivity index (χ2n) is 4.20. The highest BCUT2D eigenvalue weighted by Gasteiger charge is 2.43. The third kappa shape index (κ3) is 2.11. The molecule has 1 fully saturated rings. The van der Waals surface area contributed by atoms with Crippen molar-refractivity contribution in [3.05, 3.63) is 16.1 Å². The van der Waals surface area contributed by atoms with Gasteiger partial charge in [0.25, 0.3) is 0 Å². The molecule has 0 unspecified atom stereocenters. The van der Waals surface area contributed by atoms with Gasteiger partial charge in [-0.2, -0.15) is 0 Å². The molecule has 0 saturated carbocycles. The van der Waals surface area contributed by atoms with Gasteiger partial charge in [0.1, 0.15) is 34.1 Å². The molecule has 19 heavy (non-hydrogen) atoms. The molecule has 0 spiro atoms. The van der Waals surface area contributed by atoms with Gasteiger partial charge < -0.3 is 25.3 Å². The molecule has 4 N–H and O–H groups in total. The zero-order valence-corrected chi connectivity index (χ0v) is 13.8. The minimum absolute atomic E-state index is 0.382. The molecule has 0 radical (unpaired) electrons. The molecule has 2 aromatic heterocycles. The van der Waals surface area contributed by atoms with Gasteiger partial charge in [-0.25, -0.2) is 9.97 Å². The van der Waals surface area contributed by atoms with Crippen LogP contribution in [0, 0.1) is 3.57 Å². The Bertz CT molecular complexity index is 635. The van der Waals surface area contributed by atoms with Crippen LogP contribution in [0.1, 0.15) is 6.23 Å². The van der Waals surface area contributed by atoms with Crippen molar-refractivity contribution in [3.8, 4) is 0 Å². The van der Waals surface area contributed by atoms with Gasteiger partial charge in [-0.3, -0.25) is 0 Å². The first kappa shape index (κ1) is 13.7. The van der Waals surface area contributed by atoms with Crippen molar-refractivity contribution in [2.75, 3.05) is 5.73 Å². The van der Waals surface area contributed by atoms with Gasteiger partial charge in [0.2, 0.25) is 0 Å². The van der Waals surface area contributed by atoms with Crippen molar-refractivity contribution in [1.29, 1.82) is 0 Å². The van der Waals surface area contributed by atoms with E-state index in [9.17, 15) is 10.2 Å². The highest BCUT2D eigenvalue weighted by atomic mass is 127. The third-order valence-electron chi connectivity index (χ3n) is 3.05. The van der Waals surface area contributed by atoms with Crippen molar-refractivity contribution >= 4 is 62.0 Å². The summed E-state index contributed by atoms with van der Waals surface area (Å²) in [5, 5.41) is 20.5. The van der Waals surface area contributed by atoms with Gasteiger partial charge in [0, 0.05) is 9.77 Å². The van der Waals surface area contributed by atoms with Crippen LogP contribution in [0.3, 0.4) is 0 Å². The molecule has 0 bridgehead atoms. The lowest BCUT2D eigenvalue weighted by atomic mass is 10.2. The average Bonchev–Trinajstić information content (AvgIpc) is 2.83. The first-order chi connectivity index (χ1) is 9.00. The van der Waals surface area contributed by atoms with Crippen LogP contribution in [-0.4, -0.2) is 41.1 Å². The van der Waals surface area contributed by atoms with Crippen molar-refractivity contribution in [2.24, 2.45) is 0 Å². The van der Waals surface area contributed by atoms with Crippen LogP contribution in [0.25, 0.3) is 11.0 Å². The summed E-state index contributed by atoms with van der Waals surface area (Å²) in [5.74, 6) is 0.382. The largest absolute Gasteiger partial charge is 0.387 e. The van der Waals surface area contributed by atoms with E-state index in [1.54, 1.807) is 10.8 Å².